The molecule has 0 bridgehead atoms. The predicted molar refractivity (Wildman–Crippen MR) is 95.3 cm³/mol. The number of ether oxygens (including phenoxy) is 1. The second kappa shape index (κ2) is 6.81. The lowest BCUT2D eigenvalue weighted by Crippen LogP contribution is -2.08. The number of benzene rings is 2. The molecule has 4 nitrogen and oxygen atoms in total. The number of nitrogens with zero attached hydrogens (tertiary/aromatic N) is 1. The Labute approximate surface area is 142 Å². The second-order valence-electron chi connectivity index (χ2n) is 4.69. The van der Waals surface area contributed by atoms with Crippen LogP contribution in [-0.2, 0) is 4.79 Å². The first-order chi connectivity index (χ1) is 11.2. The molecule has 0 radical (unpaired) electrons. The Hall–Kier alpha value is -2.37. The Balaban J connectivity index is 1.75. The van der Waals surface area contributed by atoms with Crippen LogP contribution in [0.4, 0.5) is 5.69 Å². The van der Waals surface area contributed by atoms with Gasteiger partial charge in [0.1, 0.15) is 10.8 Å². The third-order valence-electron chi connectivity index (χ3n) is 3.11. The largest absolute Gasteiger partial charge is 0.495 e. The number of rotatable bonds is 4. The highest BCUT2D eigenvalue weighted by molar-refractivity contribution is 7.19. The predicted octanol–water partition coefficient (Wildman–Crippen LogP) is 4.61. The zero-order valence-corrected chi connectivity index (χ0v) is 13.8. The lowest BCUT2D eigenvalue weighted by Gasteiger charge is -2.08. The molecule has 3 rings (SSSR count). The van der Waals surface area contributed by atoms with Crippen molar-refractivity contribution in [3.05, 3.63) is 58.6 Å². The fourth-order valence-corrected chi connectivity index (χ4v) is 3.10. The fraction of sp³-hybridized carbons (Fsp3) is 0.0588. The van der Waals surface area contributed by atoms with Crippen molar-refractivity contribution in [2.75, 3.05) is 12.4 Å². The first-order valence-corrected chi connectivity index (χ1v) is 8.03. The number of amides is 1. The van der Waals surface area contributed by atoms with Gasteiger partial charge in [-0.05, 0) is 36.4 Å². The van der Waals surface area contributed by atoms with Gasteiger partial charge in [-0.1, -0.05) is 23.7 Å². The van der Waals surface area contributed by atoms with E-state index in [2.05, 4.69) is 10.3 Å². The number of hydrogen-bond acceptors (Lipinski definition) is 4. The van der Waals surface area contributed by atoms with Gasteiger partial charge in [-0.25, -0.2) is 4.98 Å². The van der Waals surface area contributed by atoms with Crippen LogP contribution < -0.4 is 10.1 Å². The number of nitrogens with one attached hydrogen (secondary N) is 1. The topological polar surface area (TPSA) is 51.2 Å². The molecule has 1 N–H and O–H groups in total. The molecule has 0 fully saturated rings. The van der Waals surface area contributed by atoms with Gasteiger partial charge in [-0.15, -0.1) is 11.3 Å². The summed E-state index contributed by atoms with van der Waals surface area (Å²) >= 11 is 7.47. The first-order valence-electron chi connectivity index (χ1n) is 6.84. The molecule has 0 saturated heterocycles. The molecule has 0 atom stereocenters. The maximum absolute atomic E-state index is 12.1. The van der Waals surface area contributed by atoms with Gasteiger partial charge in [0, 0.05) is 11.1 Å². The number of thiazole rings is 1. The minimum Gasteiger partial charge on any atom is -0.495 e. The van der Waals surface area contributed by atoms with E-state index < -0.39 is 0 Å². The lowest BCUT2D eigenvalue weighted by atomic mass is 10.3. The van der Waals surface area contributed by atoms with Gasteiger partial charge < -0.3 is 10.1 Å². The number of anilines is 1. The molecular weight excluding hydrogens is 332 g/mol. The third kappa shape index (κ3) is 3.70. The summed E-state index contributed by atoms with van der Waals surface area (Å²) in [6, 6.07) is 12.9. The number of halogens is 1. The summed E-state index contributed by atoms with van der Waals surface area (Å²) in [6.07, 6.45) is 3.13. The summed E-state index contributed by atoms with van der Waals surface area (Å²) in [5.74, 6) is 0.279. The molecule has 0 aliphatic heterocycles. The molecule has 0 spiro atoms. The quantitative estimate of drug-likeness (QED) is 0.703. The van der Waals surface area contributed by atoms with Crippen LogP contribution in [-0.4, -0.2) is 18.0 Å². The number of fused-ring (bicyclic) bond motifs is 1. The molecule has 1 amide bonds. The van der Waals surface area contributed by atoms with Crippen molar-refractivity contribution in [1.82, 2.24) is 4.98 Å². The summed E-state index contributed by atoms with van der Waals surface area (Å²) in [6.45, 7) is 0. The van der Waals surface area contributed by atoms with Crippen LogP contribution in [0.25, 0.3) is 16.3 Å². The number of hydrogen-bond donors (Lipinski definition) is 1. The van der Waals surface area contributed by atoms with Crippen molar-refractivity contribution in [3.8, 4) is 5.75 Å². The second-order valence-corrected chi connectivity index (χ2v) is 6.19. The normalized spacial score (nSPS) is 11.0. The SMILES string of the molecule is COc1ccc(Cl)cc1NC(=O)/C=C/c1nc2ccccc2s1. The van der Waals surface area contributed by atoms with Crippen molar-refractivity contribution in [3.63, 3.8) is 0 Å². The minimum absolute atomic E-state index is 0.273. The number of para-hydroxylation sites is 1. The fourth-order valence-electron chi connectivity index (χ4n) is 2.06. The molecular formula is C17H13ClN2O2S. The molecule has 3 aromatic rings. The van der Waals surface area contributed by atoms with Gasteiger partial charge in [-0.3, -0.25) is 4.79 Å². The first kappa shape index (κ1) is 15.5. The van der Waals surface area contributed by atoms with Crippen LogP contribution in [0.2, 0.25) is 5.02 Å². The number of methoxy groups -OCH3 is 1. The van der Waals surface area contributed by atoms with Crippen LogP contribution in [0.3, 0.4) is 0 Å². The molecule has 0 unspecified atom stereocenters. The average Bonchev–Trinajstić information content (AvgIpc) is 2.96. The van der Waals surface area contributed by atoms with E-state index >= 15 is 0 Å². The van der Waals surface area contributed by atoms with Crippen LogP contribution in [0.5, 0.6) is 5.75 Å². The molecule has 6 heteroatoms. The van der Waals surface area contributed by atoms with Crippen molar-refractivity contribution in [2.24, 2.45) is 0 Å². The monoisotopic (exact) mass is 344 g/mol. The van der Waals surface area contributed by atoms with E-state index in [9.17, 15) is 4.79 Å². The number of carbonyl (C=O) groups is 1. The highest BCUT2D eigenvalue weighted by Gasteiger charge is 2.07. The van der Waals surface area contributed by atoms with E-state index in [1.54, 1.807) is 24.3 Å². The van der Waals surface area contributed by atoms with E-state index in [1.807, 2.05) is 24.3 Å². The molecule has 23 heavy (non-hydrogen) atoms. The zero-order valence-electron chi connectivity index (χ0n) is 12.2. The summed E-state index contributed by atoms with van der Waals surface area (Å²) in [5.41, 5.74) is 1.45. The maximum atomic E-state index is 12.1. The van der Waals surface area contributed by atoms with Crippen molar-refractivity contribution in [1.29, 1.82) is 0 Å². The third-order valence-corrected chi connectivity index (χ3v) is 4.34. The molecule has 1 heterocycles. The van der Waals surface area contributed by atoms with E-state index in [0.29, 0.717) is 16.5 Å². The molecule has 1 aromatic heterocycles. The molecule has 0 aliphatic rings. The lowest BCUT2D eigenvalue weighted by molar-refractivity contribution is -0.111. The highest BCUT2D eigenvalue weighted by atomic mass is 35.5. The van der Waals surface area contributed by atoms with Gasteiger partial charge in [0.15, 0.2) is 0 Å². The molecule has 116 valence electrons. The number of aromatic nitrogens is 1. The molecule has 2 aromatic carbocycles. The molecule has 0 saturated carbocycles. The van der Waals surface area contributed by atoms with Gasteiger partial charge in [0.2, 0.25) is 5.91 Å². The zero-order chi connectivity index (χ0) is 16.2. The average molecular weight is 345 g/mol. The van der Waals surface area contributed by atoms with Crippen LogP contribution in [0, 0.1) is 0 Å². The van der Waals surface area contributed by atoms with Crippen LogP contribution in [0.15, 0.2) is 48.5 Å². The van der Waals surface area contributed by atoms with E-state index in [-0.39, 0.29) is 5.91 Å². The van der Waals surface area contributed by atoms with Crippen molar-refractivity contribution in [2.45, 2.75) is 0 Å². The Kier molecular flexibility index (Phi) is 4.60. The van der Waals surface area contributed by atoms with E-state index in [1.165, 1.54) is 24.5 Å². The van der Waals surface area contributed by atoms with E-state index in [0.717, 1.165) is 15.2 Å². The van der Waals surface area contributed by atoms with Crippen LogP contribution in [0.1, 0.15) is 5.01 Å². The van der Waals surface area contributed by atoms with Crippen molar-refractivity contribution >= 4 is 50.8 Å². The minimum atomic E-state index is -0.273. The Morgan fingerprint density at radius 2 is 2.13 bits per heavy atom. The standard InChI is InChI=1S/C17H13ClN2O2S/c1-22-14-7-6-11(18)10-13(14)19-16(21)8-9-17-20-12-4-2-3-5-15(12)23-17/h2-10H,1H3,(H,19,21)/b9-8+. The maximum Gasteiger partial charge on any atom is 0.248 e. The van der Waals surface area contributed by atoms with Gasteiger partial charge >= 0.3 is 0 Å². The van der Waals surface area contributed by atoms with Gasteiger partial charge in [0.05, 0.1) is 23.0 Å². The van der Waals surface area contributed by atoms with Crippen LogP contribution >= 0.6 is 22.9 Å². The van der Waals surface area contributed by atoms with Gasteiger partial charge in [0.25, 0.3) is 0 Å². The molecule has 0 aliphatic carbocycles. The number of carbonyl (C=O) groups excluding carboxylic acids is 1. The summed E-state index contributed by atoms with van der Waals surface area (Å²) < 4.78 is 6.28. The van der Waals surface area contributed by atoms with Gasteiger partial charge in [-0.2, -0.15) is 0 Å². The Morgan fingerprint density at radius 3 is 2.91 bits per heavy atom. The Bertz CT molecular complexity index is 856. The van der Waals surface area contributed by atoms with E-state index in [4.69, 9.17) is 16.3 Å². The highest BCUT2D eigenvalue weighted by Crippen LogP contribution is 2.28. The Morgan fingerprint density at radius 1 is 1.30 bits per heavy atom. The smallest absolute Gasteiger partial charge is 0.248 e. The summed E-state index contributed by atoms with van der Waals surface area (Å²) in [7, 11) is 1.54. The summed E-state index contributed by atoms with van der Waals surface area (Å²) in [4.78, 5) is 16.5. The van der Waals surface area contributed by atoms with Crippen molar-refractivity contribution < 1.29 is 9.53 Å². The summed E-state index contributed by atoms with van der Waals surface area (Å²) in [5, 5.41) is 4.05.